The first kappa shape index (κ1) is 20.4. The summed E-state index contributed by atoms with van der Waals surface area (Å²) in [7, 11) is 0. The number of hydrogen-bond donors (Lipinski definition) is 1. The molecule has 6 heteroatoms. The molecule has 2 heterocycles. The lowest BCUT2D eigenvalue weighted by atomic mass is 10.0. The van der Waals surface area contributed by atoms with Gasteiger partial charge in [0, 0.05) is 24.7 Å². The molecule has 2 aromatic rings. The van der Waals surface area contributed by atoms with E-state index >= 15 is 0 Å². The number of nitrogens with zero attached hydrogens (tertiary/aromatic N) is 2. The van der Waals surface area contributed by atoms with Gasteiger partial charge in [0.2, 0.25) is 5.91 Å². The minimum Gasteiger partial charge on any atom is -0.489 e. The maximum Gasteiger partial charge on any atom is 0.253 e. The van der Waals surface area contributed by atoms with E-state index in [1.807, 2.05) is 59.5 Å². The van der Waals surface area contributed by atoms with Crippen LogP contribution in [0.3, 0.4) is 0 Å². The molecule has 30 heavy (non-hydrogen) atoms. The minimum absolute atomic E-state index is 0.0518. The molecule has 2 aliphatic rings. The fraction of sp³-hybridized carbons (Fsp3) is 0.417. The number of ether oxygens (including phenoxy) is 1. The highest BCUT2D eigenvalue weighted by Gasteiger charge is 2.36. The standard InChI is InChI=1S/C24H29N3O3/c25-23(28)22-7-4-14-27(22)20-12-15-26(16-13-20)24(29)19-8-10-21(11-9-19)30-17-18-5-2-1-3-6-18/h1-3,5-6,8-11,20,22H,4,7,12-17H2,(H2,25,28)/t22-/m0/s1. The van der Waals surface area contributed by atoms with E-state index in [2.05, 4.69) is 4.90 Å². The van der Waals surface area contributed by atoms with Crippen LogP contribution in [-0.2, 0) is 11.4 Å². The molecule has 2 saturated heterocycles. The maximum atomic E-state index is 12.9. The number of benzene rings is 2. The van der Waals surface area contributed by atoms with Crippen molar-refractivity contribution in [3.8, 4) is 5.75 Å². The highest BCUT2D eigenvalue weighted by atomic mass is 16.5. The Morgan fingerprint density at radius 3 is 2.30 bits per heavy atom. The molecule has 0 spiro atoms. The first-order chi connectivity index (χ1) is 14.6. The number of rotatable bonds is 6. The molecule has 158 valence electrons. The van der Waals surface area contributed by atoms with Crippen LogP contribution in [0.4, 0.5) is 0 Å². The number of carbonyl (C=O) groups is 2. The van der Waals surface area contributed by atoms with E-state index < -0.39 is 0 Å². The third-order valence-corrected chi connectivity index (χ3v) is 6.19. The van der Waals surface area contributed by atoms with Gasteiger partial charge >= 0.3 is 0 Å². The SMILES string of the molecule is NC(=O)[C@@H]1CCCN1C1CCN(C(=O)c2ccc(OCc3ccccc3)cc2)CC1. The topological polar surface area (TPSA) is 75.9 Å². The van der Waals surface area contributed by atoms with E-state index in [4.69, 9.17) is 10.5 Å². The third kappa shape index (κ3) is 4.65. The van der Waals surface area contributed by atoms with Gasteiger partial charge in [-0.1, -0.05) is 30.3 Å². The van der Waals surface area contributed by atoms with Gasteiger partial charge < -0.3 is 15.4 Å². The molecule has 4 rings (SSSR count). The molecule has 6 nitrogen and oxygen atoms in total. The molecule has 2 fully saturated rings. The van der Waals surface area contributed by atoms with Gasteiger partial charge in [0.15, 0.2) is 0 Å². The van der Waals surface area contributed by atoms with Gasteiger partial charge in [0.1, 0.15) is 12.4 Å². The van der Waals surface area contributed by atoms with Crippen LogP contribution in [0.15, 0.2) is 54.6 Å². The van der Waals surface area contributed by atoms with Crippen molar-refractivity contribution in [2.75, 3.05) is 19.6 Å². The van der Waals surface area contributed by atoms with E-state index in [-0.39, 0.29) is 17.9 Å². The number of carbonyl (C=O) groups excluding carboxylic acids is 2. The molecule has 0 unspecified atom stereocenters. The second kappa shape index (κ2) is 9.30. The van der Waals surface area contributed by atoms with Gasteiger partial charge in [-0.25, -0.2) is 0 Å². The number of likely N-dealkylation sites (tertiary alicyclic amines) is 2. The Morgan fingerprint density at radius 1 is 0.933 bits per heavy atom. The van der Waals surface area contributed by atoms with Crippen LogP contribution in [-0.4, -0.2) is 53.3 Å². The normalized spacial score (nSPS) is 20.3. The van der Waals surface area contributed by atoms with Crippen molar-refractivity contribution in [2.45, 2.75) is 44.4 Å². The summed E-state index contributed by atoms with van der Waals surface area (Å²) >= 11 is 0. The van der Waals surface area contributed by atoms with Gasteiger partial charge in [-0.2, -0.15) is 0 Å². The van der Waals surface area contributed by atoms with Crippen LogP contribution >= 0.6 is 0 Å². The molecule has 2 aromatic carbocycles. The lowest BCUT2D eigenvalue weighted by Crippen LogP contribution is -2.51. The van der Waals surface area contributed by atoms with E-state index in [0.717, 1.165) is 43.5 Å². The van der Waals surface area contributed by atoms with Crippen LogP contribution in [0.1, 0.15) is 41.6 Å². The average Bonchev–Trinajstić information content (AvgIpc) is 3.29. The summed E-state index contributed by atoms with van der Waals surface area (Å²) in [5.74, 6) is 0.581. The molecule has 2 N–H and O–H groups in total. The minimum atomic E-state index is -0.222. The molecule has 2 amide bonds. The molecular formula is C24H29N3O3. The highest BCUT2D eigenvalue weighted by molar-refractivity contribution is 5.94. The Labute approximate surface area is 177 Å². The number of amides is 2. The smallest absolute Gasteiger partial charge is 0.253 e. The first-order valence-corrected chi connectivity index (χ1v) is 10.7. The first-order valence-electron chi connectivity index (χ1n) is 10.7. The van der Waals surface area contributed by atoms with E-state index in [0.29, 0.717) is 31.3 Å². The zero-order valence-electron chi connectivity index (χ0n) is 17.2. The summed E-state index contributed by atoms with van der Waals surface area (Å²) < 4.78 is 5.80. The van der Waals surface area contributed by atoms with Crippen LogP contribution in [0, 0.1) is 0 Å². The van der Waals surface area contributed by atoms with Crippen molar-refractivity contribution in [1.29, 1.82) is 0 Å². The predicted octanol–water partition coefficient (Wildman–Crippen LogP) is 2.82. The van der Waals surface area contributed by atoms with Crippen molar-refractivity contribution in [1.82, 2.24) is 9.80 Å². The van der Waals surface area contributed by atoms with Gasteiger partial charge in [-0.15, -0.1) is 0 Å². The molecule has 0 aromatic heterocycles. The Morgan fingerprint density at radius 2 is 1.63 bits per heavy atom. The Bertz CT molecular complexity index is 861. The lowest BCUT2D eigenvalue weighted by molar-refractivity contribution is -0.123. The summed E-state index contributed by atoms with van der Waals surface area (Å²) in [5.41, 5.74) is 7.34. The number of primary amides is 1. The van der Waals surface area contributed by atoms with Crippen molar-refractivity contribution in [3.05, 3.63) is 65.7 Å². The second-order valence-electron chi connectivity index (χ2n) is 8.12. The van der Waals surface area contributed by atoms with E-state index in [1.54, 1.807) is 0 Å². The maximum absolute atomic E-state index is 12.9. The van der Waals surface area contributed by atoms with E-state index in [9.17, 15) is 9.59 Å². The Kier molecular flexibility index (Phi) is 6.33. The number of piperidine rings is 1. The third-order valence-electron chi connectivity index (χ3n) is 6.19. The van der Waals surface area contributed by atoms with Crippen LogP contribution in [0.25, 0.3) is 0 Å². The Hall–Kier alpha value is -2.86. The molecule has 0 saturated carbocycles. The zero-order valence-corrected chi connectivity index (χ0v) is 17.2. The van der Waals surface area contributed by atoms with E-state index in [1.165, 1.54) is 0 Å². The average molecular weight is 408 g/mol. The summed E-state index contributed by atoms with van der Waals surface area (Å²) in [6.07, 6.45) is 3.64. The fourth-order valence-electron chi connectivity index (χ4n) is 4.55. The molecule has 0 radical (unpaired) electrons. The summed E-state index contributed by atoms with van der Waals surface area (Å²) in [4.78, 5) is 28.7. The fourth-order valence-corrected chi connectivity index (χ4v) is 4.55. The molecule has 0 bridgehead atoms. The Balaban J connectivity index is 1.29. The summed E-state index contributed by atoms with van der Waals surface area (Å²) in [6, 6.07) is 17.6. The molecule has 0 aliphatic carbocycles. The van der Waals surface area contributed by atoms with Crippen LogP contribution < -0.4 is 10.5 Å². The van der Waals surface area contributed by atoms with Crippen LogP contribution in [0.2, 0.25) is 0 Å². The molecule has 1 atom stereocenters. The molecule has 2 aliphatic heterocycles. The van der Waals surface area contributed by atoms with Gasteiger partial charge in [-0.3, -0.25) is 14.5 Å². The van der Waals surface area contributed by atoms with Gasteiger partial charge in [0.25, 0.3) is 5.91 Å². The number of nitrogens with two attached hydrogens (primary N) is 1. The highest BCUT2D eigenvalue weighted by Crippen LogP contribution is 2.26. The van der Waals surface area contributed by atoms with Crippen LogP contribution in [0.5, 0.6) is 5.75 Å². The van der Waals surface area contributed by atoms with Crippen molar-refractivity contribution < 1.29 is 14.3 Å². The lowest BCUT2D eigenvalue weighted by Gasteiger charge is -2.38. The second-order valence-corrected chi connectivity index (χ2v) is 8.12. The largest absolute Gasteiger partial charge is 0.489 e. The molecular weight excluding hydrogens is 378 g/mol. The van der Waals surface area contributed by atoms with Crippen molar-refractivity contribution >= 4 is 11.8 Å². The number of hydrogen-bond acceptors (Lipinski definition) is 4. The monoisotopic (exact) mass is 407 g/mol. The summed E-state index contributed by atoms with van der Waals surface area (Å²) in [6.45, 7) is 2.84. The quantitative estimate of drug-likeness (QED) is 0.799. The summed E-state index contributed by atoms with van der Waals surface area (Å²) in [5, 5.41) is 0. The zero-order chi connectivity index (χ0) is 20.9. The van der Waals surface area contributed by atoms with Crippen molar-refractivity contribution in [2.24, 2.45) is 5.73 Å². The van der Waals surface area contributed by atoms with Gasteiger partial charge in [0.05, 0.1) is 6.04 Å². The van der Waals surface area contributed by atoms with Gasteiger partial charge in [-0.05, 0) is 62.1 Å². The van der Waals surface area contributed by atoms with Crippen molar-refractivity contribution in [3.63, 3.8) is 0 Å². The predicted molar refractivity (Wildman–Crippen MR) is 115 cm³/mol.